The number of hydrogen-bond acceptors (Lipinski definition) is 3. The predicted octanol–water partition coefficient (Wildman–Crippen LogP) is 4.76. The Balaban J connectivity index is 1.53. The molecule has 1 aliphatic rings. The van der Waals surface area contributed by atoms with Crippen LogP contribution >= 0.6 is 0 Å². The third-order valence-corrected chi connectivity index (χ3v) is 4.87. The third kappa shape index (κ3) is 3.45. The normalized spacial score (nSPS) is 21.8. The Morgan fingerprint density at radius 2 is 2.00 bits per heavy atom. The highest BCUT2D eigenvalue weighted by Crippen LogP contribution is 2.59. The van der Waals surface area contributed by atoms with Crippen LogP contribution in [0.3, 0.4) is 0 Å². The van der Waals surface area contributed by atoms with Crippen molar-refractivity contribution in [3.8, 4) is 0 Å². The van der Waals surface area contributed by atoms with Gasteiger partial charge in [-0.1, -0.05) is 56.3 Å². The van der Waals surface area contributed by atoms with Gasteiger partial charge >= 0.3 is 5.97 Å². The summed E-state index contributed by atoms with van der Waals surface area (Å²) in [5, 5.41) is 0. The van der Waals surface area contributed by atoms with E-state index in [1.165, 1.54) is 5.56 Å². The maximum atomic E-state index is 12.3. The molecule has 0 amide bonds. The minimum atomic E-state index is -0.117. The van der Waals surface area contributed by atoms with E-state index in [9.17, 15) is 4.79 Å². The molecule has 3 rings (SSSR count). The molecule has 1 aliphatic carbocycles. The zero-order chi connectivity index (χ0) is 17.2. The number of carbonyl (C=O) groups excluding carboxylic acids is 1. The largest absolute Gasteiger partial charge is 0.469 e. The number of hydrogen-bond donors (Lipinski definition) is 0. The molecule has 3 heteroatoms. The third-order valence-electron chi connectivity index (χ3n) is 4.87. The van der Waals surface area contributed by atoms with E-state index in [4.69, 9.17) is 9.15 Å². The molecule has 0 N–H and O–H groups in total. The summed E-state index contributed by atoms with van der Waals surface area (Å²) in [7, 11) is 0. The van der Waals surface area contributed by atoms with Crippen LogP contribution < -0.4 is 0 Å². The van der Waals surface area contributed by atoms with Crippen LogP contribution in [0.2, 0.25) is 0 Å². The van der Waals surface area contributed by atoms with Gasteiger partial charge in [-0.3, -0.25) is 4.79 Å². The van der Waals surface area contributed by atoms with Crippen LogP contribution in [0.1, 0.15) is 37.7 Å². The summed E-state index contributed by atoms with van der Waals surface area (Å²) in [6.07, 6.45) is 6.52. The first kappa shape index (κ1) is 16.6. The van der Waals surface area contributed by atoms with Crippen LogP contribution in [0.4, 0.5) is 0 Å². The zero-order valence-electron chi connectivity index (χ0n) is 14.5. The van der Waals surface area contributed by atoms with Crippen molar-refractivity contribution in [2.45, 2.75) is 33.8 Å². The number of allylic oxidation sites excluding steroid dienone is 2. The number of benzene rings is 1. The van der Waals surface area contributed by atoms with E-state index in [0.29, 0.717) is 0 Å². The highest BCUT2D eigenvalue weighted by molar-refractivity contribution is 5.78. The maximum absolute atomic E-state index is 12.3. The van der Waals surface area contributed by atoms with E-state index >= 15 is 0 Å². The lowest BCUT2D eigenvalue weighted by atomic mass is 10.1. The van der Waals surface area contributed by atoms with Gasteiger partial charge in [-0.25, -0.2) is 0 Å². The van der Waals surface area contributed by atoms with Crippen molar-refractivity contribution in [1.29, 1.82) is 0 Å². The fraction of sp³-hybridized carbons (Fsp3) is 0.381. The highest BCUT2D eigenvalue weighted by Gasteiger charge is 2.61. The Morgan fingerprint density at radius 3 is 2.71 bits per heavy atom. The average molecular weight is 324 g/mol. The van der Waals surface area contributed by atoms with Crippen molar-refractivity contribution in [2.24, 2.45) is 17.3 Å². The second-order valence-electron chi connectivity index (χ2n) is 7.04. The minimum absolute atomic E-state index is 0.00153. The topological polar surface area (TPSA) is 39.4 Å². The molecular weight excluding hydrogens is 300 g/mol. The predicted molar refractivity (Wildman–Crippen MR) is 93.3 cm³/mol. The molecular formula is C21H24O3. The number of carbonyl (C=O) groups is 1. The van der Waals surface area contributed by atoms with Gasteiger partial charge in [0.05, 0.1) is 12.2 Å². The van der Waals surface area contributed by atoms with Gasteiger partial charge in [-0.15, -0.1) is 0 Å². The van der Waals surface area contributed by atoms with Gasteiger partial charge in [-0.05, 0) is 29.9 Å². The Labute approximate surface area is 143 Å². The van der Waals surface area contributed by atoms with Crippen LogP contribution in [0, 0.1) is 17.3 Å². The zero-order valence-corrected chi connectivity index (χ0v) is 14.5. The molecule has 2 aromatic rings. The molecule has 0 saturated heterocycles. The number of furan rings is 1. The van der Waals surface area contributed by atoms with Crippen molar-refractivity contribution < 1.29 is 13.9 Å². The van der Waals surface area contributed by atoms with Gasteiger partial charge in [-0.2, -0.15) is 0 Å². The summed E-state index contributed by atoms with van der Waals surface area (Å²) in [6, 6.07) is 12.1. The van der Waals surface area contributed by atoms with E-state index in [1.54, 1.807) is 6.26 Å². The summed E-state index contributed by atoms with van der Waals surface area (Å²) in [6.45, 7) is 6.47. The van der Waals surface area contributed by atoms with E-state index in [0.717, 1.165) is 17.7 Å². The van der Waals surface area contributed by atoms with Crippen molar-refractivity contribution in [1.82, 2.24) is 0 Å². The monoisotopic (exact) mass is 324 g/mol. The molecule has 126 valence electrons. The van der Waals surface area contributed by atoms with E-state index in [2.05, 4.69) is 32.1 Å². The van der Waals surface area contributed by atoms with Gasteiger partial charge in [0, 0.05) is 12.0 Å². The standard InChI is InChI=1S/C21H24O3/c1-4-8-18-19(21(18,2)3)20(22)24-14-16-12-17(23-13-16)11-15-9-6-5-7-10-15/h4-10,12-13,18-19H,11,14H2,1-3H3/b8-4-. The Bertz CT molecular complexity index is 725. The molecule has 0 aliphatic heterocycles. The number of ether oxygens (including phenoxy) is 1. The van der Waals surface area contributed by atoms with Crippen LogP contribution in [-0.2, 0) is 22.6 Å². The quantitative estimate of drug-likeness (QED) is 0.568. The van der Waals surface area contributed by atoms with Gasteiger partial charge < -0.3 is 9.15 Å². The molecule has 2 atom stereocenters. The molecule has 2 unspecified atom stereocenters. The Kier molecular flexibility index (Phi) is 4.61. The SMILES string of the molecule is C/C=C\C1C(C(=O)OCc2coc(Cc3ccccc3)c2)C1(C)C. The van der Waals surface area contributed by atoms with Crippen molar-refractivity contribution in [2.75, 3.05) is 0 Å². The van der Waals surface area contributed by atoms with E-state index in [1.807, 2.05) is 37.3 Å². The van der Waals surface area contributed by atoms with Gasteiger partial charge in [0.1, 0.15) is 12.4 Å². The molecule has 1 fully saturated rings. The lowest BCUT2D eigenvalue weighted by molar-refractivity contribution is -0.147. The van der Waals surface area contributed by atoms with Crippen LogP contribution in [0.25, 0.3) is 0 Å². The van der Waals surface area contributed by atoms with E-state index < -0.39 is 0 Å². The summed E-state index contributed by atoms with van der Waals surface area (Å²) >= 11 is 0. The molecule has 1 heterocycles. The second-order valence-corrected chi connectivity index (χ2v) is 7.04. The maximum Gasteiger partial charge on any atom is 0.310 e. The Morgan fingerprint density at radius 1 is 1.25 bits per heavy atom. The molecule has 3 nitrogen and oxygen atoms in total. The molecule has 1 aromatic heterocycles. The summed E-state index contributed by atoms with van der Waals surface area (Å²) in [5.41, 5.74) is 2.10. The fourth-order valence-electron chi connectivity index (χ4n) is 3.33. The minimum Gasteiger partial charge on any atom is -0.469 e. The molecule has 1 saturated carbocycles. The van der Waals surface area contributed by atoms with Crippen molar-refractivity contribution in [3.63, 3.8) is 0 Å². The Hall–Kier alpha value is -2.29. The molecule has 1 aromatic carbocycles. The molecule has 0 bridgehead atoms. The van der Waals surface area contributed by atoms with Crippen LogP contribution in [-0.4, -0.2) is 5.97 Å². The smallest absolute Gasteiger partial charge is 0.310 e. The van der Waals surface area contributed by atoms with Crippen molar-refractivity contribution >= 4 is 5.97 Å². The highest BCUT2D eigenvalue weighted by atomic mass is 16.5. The first-order valence-electron chi connectivity index (χ1n) is 8.42. The van der Waals surface area contributed by atoms with Gasteiger partial charge in [0.15, 0.2) is 0 Å². The van der Waals surface area contributed by atoms with Crippen molar-refractivity contribution in [3.05, 3.63) is 71.7 Å². The summed E-state index contributed by atoms with van der Waals surface area (Å²) in [4.78, 5) is 12.3. The lowest BCUT2D eigenvalue weighted by Crippen LogP contribution is -2.10. The molecule has 24 heavy (non-hydrogen) atoms. The molecule has 0 radical (unpaired) electrons. The van der Waals surface area contributed by atoms with Crippen LogP contribution in [0.5, 0.6) is 0 Å². The second kappa shape index (κ2) is 6.68. The van der Waals surface area contributed by atoms with Gasteiger partial charge in [0.2, 0.25) is 0 Å². The lowest BCUT2D eigenvalue weighted by Gasteiger charge is -2.03. The first-order valence-corrected chi connectivity index (χ1v) is 8.42. The summed E-state index contributed by atoms with van der Waals surface area (Å²) < 4.78 is 11.1. The van der Waals surface area contributed by atoms with Gasteiger partial charge in [0.25, 0.3) is 0 Å². The summed E-state index contributed by atoms with van der Waals surface area (Å²) in [5.74, 6) is 1.01. The average Bonchev–Trinajstić information content (AvgIpc) is 2.90. The number of esters is 1. The van der Waals surface area contributed by atoms with E-state index in [-0.39, 0.29) is 29.8 Å². The fourth-order valence-corrected chi connectivity index (χ4v) is 3.33. The molecule has 0 spiro atoms. The number of rotatable bonds is 6. The van der Waals surface area contributed by atoms with Crippen LogP contribution in [0.15, 0.2) is 59.2 Å². The first-order chi connectivity index (χ1) is 11.5.